The van der Waals surface area contributed by atoms with Crippen LogP contribution >= 0.6 is 7.26 Å². The Kier molecular flexibility index (Phi) is 7.47. The number of allylic oxidation sites excluding steroid dienone is 1. The quantitative estimate of drug-likeness (QED) is 0.160. The van der Waals surface area contributed by atoms with Gasteiger partial charge in [-0.2, -0.15) is 0 Å². The third-order valence-corrected chi connectivity index (χ3v) is 10.4. The van der Waals surface area contributed by atoms with Gasteiger partial charge in [0.15, 0.2) is 5.66 Å². The molecule has 4 rings (SSSR count). The summed E-state index contributed by atoms with van der Waals surface area (Å²) >= 11 is 0. The maximum Gasteiger partial charge on any atom is 0.330 e. The van der Waals surface area contributed by atoms with Crippen molar-refractivity contribution in [2.24, 2.45) is 0 Å². The molecule has 0 fully saturated rings. The van der Waals surface area contributed by atoms with Crippen molar-refractivity contribution in [2.45, 2.75) is 5.66 Å². The Hall–Kier alpha value is -3.81. The average Bonchev–Trinajstić information content (AvgIpc) is 2.92. The Balaban J connectivity index is 2.09. The Morgan fingerprint density at radius 1 is 0.647 bits per heavy atom. The standard InChI is InChI=1S/C30H26O3P/c1-33-29(31)23-22-28(30(32)24-14-6-2-7-15-24)34(25-16-8-3-9-17-25,26-18-10-4-11-19-26)27-20-12-5-13-21-27/h2-23,28H,1H3/q+1. The molecule has 0 spiro atoms. The summed E-state index contributed by atoms with van der Waals surface area (Å²) in [5.74, 6) is -0.524. The summed E-state index contributed by atoms with van der Waals surface area (Å²) in [4.78, 5) is 26.4. The number of carbonyl (C=O) groups excluding carboxylic acids is 2. The molecular weight excluding hydrogens is 439 g/mol. The van der Waals surface area contributed by atoms with E-state index in [2.05, 4.69) is 36.4 Å². The number of rotatable bonds is 8. The highest BCUT2D eigenvalue weighted by Gasteiger charge is 2.54. The lowest BCUT2D eigenvalue weighted by Gasteiger charge is -2.32. The summed E-state index contributed by atoms with van der Waals surface area (Å²) in [6, 6.07) is 39.8. The lowest BCUT2D eigenvalue weighted by atomic mass is 10.1. The molecule has 1 atom stereocenters. The van der Waals surface area contributed by atoms with E-state index in [9.17, 15) is 9.59 Å². The second-order valence-electron chi connectivity index (χ2n) is 7.79. The second-order valence-corrected chi connectivity index (χ2v) is 11.3. The number of hydrogen-bond donors (Lipinski definition) is 0. The van der Waals surface area contributed by atoms with Crippen LogP contribution in [-0.4, -0.2) is 24.5 Å². The number of hydrogen-bond acceptors (Lipinski definition) is 3. The van der Waals surface area contributed by atoms with E-state index in [4.69, 9.17) is 4.74 Å². The molecule has 0 saturated heterocycles. The summed E-state index contributed by atoms with van der Waals surface area (Å²) in [5, 5.41) is 3.20. The number of carbonyl (C=O) groups is 2. The highest BCUT2D eigenvalue weighted by Crippen LogP contribution is 2.61. The highest BCUT2D eigenvalue weighted by molar-refractivity contribution is 7.97. The normalized spacial score (nSPS) is 12.3. The minimum Gasteiger partial charge on any atom is -0.466 e. The van der Waals surface area contributed by atoms with E-state index in [0.29, 0.717) is 5.56 Å². The largest absolute Gasteiger partial charge is 0.466 e. The molecule has 0 saturated carbocycles. The minimum absolute atomic E-state index is 0.0364. The molecular formula is C30H26O3P+. The van der Waals surface area contributed by atoms with Crippen molar-refractivity contribution in [3.8, 4) is 0 Å². The summed E-state index contributed by atoms with van der Waals surface area (Å²) in [7, 11) is -1.25. The zero-order valence-corrected chi connectivity index (χ0v) is 19.8. The first-order chi connectivity index (χ1) is 16.7. The molecule has 4 aromatic rings. The molecule has 0 aliphatic rings. The average molecular weight is 466 g/mol. The van der Waals surface area contributed by atoms with E-state index in [1.54, 1.807) is 6.08 Å². The molecule has 0 aromatic heterocycles. The van der Waals surface area contributed by atoms with Crippen LogP contribution in [0, 0.1) is 0 Å². The van der Waals surface area contributed by atoms with E-state index >= 15 is 0 Å². The zero-order valence-electron chi connectivity index (χ0n) is 19.0. The van der Waals surface area contributed by atoms with Crippen molar-refractivity contribution in [3.63, 3.8) is 0 Å². The predicted octanol–water partition coefficient (Wildman–Crippen LogP) is 4.96. The molecule has 0 aliphatic carbocycles. The van der Waals surface area contributed by atoms with Crippen molar-refractivity contribution < 1.29 is 14.3 Å². The van der Waals surface area contributed by atoms with Gasteiger partial charge in [-0.15, -0.1) is 0 Å². The maximum absolute atomic E-state index is 14.2. The molecule has 0 bridgehead atoms. The van der Waals surface area contributed by atoms with E-state index in [1.165, 1.54) is 13.2 Å². The van der Waals surface area contributed by atoms with Gasteiger partial charge in [-0.25, -0.2) is 4.79 Å². The van der Waals surface area contributed by atoms with Crippen molar-refractivity contribution in [1.29, 1.82) is 0 Å². The molecule has 1 unspecified atom stereocenters. The van der Waals surface area contributed by atoms with E-state index < -0.39 is 18.9 Å². The van der Waals surface area contributed by atoms with Crippen LogP contribution in [0.3, 0.4) is 0 Å². The van der Waals surface area contributed by atoms with Crippen molar-refractivity contribution in [2.75, 3.05) is 7.11 Å². The van der Waals surface area contributed by atoms with Gasteiger partial charge in [-0.05, 0) is 42.5 Å². The topological polar surface area (TPSA) is 43.4 Å². The Morgan fingerprint density at radius 3 is 1.41 bits per heavy atom. The Morgan fingerprint density at radius 2 is 1.03 bits per heavy atom. The molecule has 4 heteroatoms. The molecule has 34 heavy (non-hydrogen) atoms. The van der Waals surface area contributed by atoms with E-state index in [0.717, 1.165) is 15.9 Å². The fraction of sp³-hybridized carbons (Fsp3) is 0.0667. The van der Waals surface area contributed by atoms with Crippen molar-refractivity contribution in [3.05, 3.63) is 139 Å². The molecule has 0 N–H and O–H groups in total. The van der Waals surface area contributed by atoms with Gasteiger partial charge in [0, 0.05) is 11.6 Å². The molecule has 0 amide bonds. The van der Waals surface area contributed by atoms with E-state index in [-0.39, 0.29) is 5.78 Å². The molecule has 168 valence electrons. The van der Waals surface area contributed by atoms with Crippen molar-refractivity contribution >= 4 is 34.9 Å². The number of ketones is 1. The number of ether oxygens (including phenoxy) is 1. The van der Waals surface area contributed by atoms with Crippen LogP contribution in [0.4, 0.5) is 0 Å². The third-order valence-electron chi connectivity index (χ3n) is 5.85. The van der Waals surface area contributed by atoms with Crippen LogP contribution in [0.15, 0.2) is 133 Å². The highest BCUT2D eigenvalue weighted by atomic mass is 31.2. The van der Waals surface area contributed by atoms with Gasteiger partial charge < -0.3 is 4.74 Å². The predicted molar refractivity (Wildman–Crippen MR) is 141 cm³/mol. The number of benzene rings is 4. The van der Waals surface area contributed by atoms with Crippen LogP contribution in [0.5, 0.6) is 0 Å². The first-order valence-corrected chi connectivity index (χ1v) is 12.9. The van der Waals surface area contributed by atoms with Crippen LogP contribution < -0.4 is 15.9 Å². The first kappa shape index (κ1) is 23.4. The zero-order chi connectivity index (χ0) is 23.8. The smallest absolute Gasteiger partial charge is 0.330 e. The lowest BCUT2D eigenvalue weighted by molar-refractivity contribution is -0.134. The summed E-state index contributed by atoms with van der Waals surface area (Å²) in [6.45, 7) is 0. The van der Waals surface area contributed by atoms with Gasteiger partial charge in [0.2, 0.25) is 5.78 Å². The van der Waals surface area contributed by atoms with Gasteiger partial charge in [0.1, 0.15) is 23.2 Å². The molecule has 4 aromatic carbocycles. The third kappa shape index (κ3) is 4.62. The molecule has 0 radical (unpaired) electrons. The summed E-state index contributed by atoms with van der Waals surface area (Å²) in [6.07, 6.45) is 3.12. The molecule has 0 aliphatic heterocycles. The fourth-order valence-electron chi connectivity index (χ4n) is 4.32. The number of Topliss-reactive ketones (excluding diaryl/α,β-unsaturated/α-hetero) is 1. The maximum atomic E-state index is 14.2. The van der Waals surface area contributed by atoms with Crippen LogP contribution in [0.1, 0.15) is 10.4 Å². The first-order valence-electron chi connectivity index (χ1n) is 11.1. The van der Waals surface area contributed by atoms with Gasteiger partial charge in [-0.3, -0.25) is 4.79 Å². The monoisotopic (exact) mass is 465 g/mol. The number of methoxy groups -OCH3 is 1. The number of esters is 1. The molecule has 0 heterocycles. The van der Waals surface area contributed by atoms with Gasteiger partial charge >= 0.3 is 5.97 Å². The molecule has 3 nitrogen and oxygen atoms in total. The van der Waals surface area contributed by atoms with E-state index in [1.807, 2.05) is 84.9 Å². The van der Waals surface area contributed by atoms with Crippen LogP contribution in [-0.2, 0) is 9.53 Å². The SMILES string of the molecule is COC(=O)C=CC(C(=O)c1ccccc1)[P+](c1ccccc1)(c1ccccc1)c1ccccc1. The van der Waals surface area contributed by atoms with Crippen LogP contribution in [0.2, 0.25) is 0 Å². The van der Waals surface area contributed by atoms with Gasteiger partial charge in [0.25, 0.3) is 0 Å². The van der Waals surface area contributed by atoms with Gasteiger partial charge in [0.05, 0.1) is 7.11 Å². The van der Waals surface area contributed by atoms with Gasteiger partial charge in [-0.1, -0.05) is 84.9 Å². The minimum atomic E-state index is -2.60. The summed E-state index contributed by atoms with van der Waals surface area (Å²) in [5.41, 5.74) is -0.00427. The Bertz CT molecular complexity index is 1160. The Labute approximate surface area is 201 Å². The van der Waals surface area contributed by atoms with Crippen LogP contribution in [0.25, 0.3) is 0 Å². The summed E-state index contributed by atoms with van der Waals surface area (Å²) < 4.78 is 4.89. The second kappa shape index (κ2) is 10.9. The fourth-order valence-corrected chi connectivity index (χ4v) is 8.95. The van der Waals surface area contributed by atoms with Crippen molar-refractivity contribution in [1.82, 2.24) is 0 Å². The lowest BCUT2D eigenvalue weighted by Crippen LogP contribution is -2.41.